The van der Waals surface area contributed by atoms with Crippen molar-refractivity contribution < 1.29 is 23.9 Å². The highest BCUT2D eigenvalue weighted by Crippen LogP contribution is 2.49. The topological polar surface area (TPSA) is 69.7 Å². The zero-order valence-electron chi connectivity index (χ0n) is 17.1. The SMILES string of the molecule is CC[C@H](C)/C=C(C)/C=C/C1=CC2=C(Cl)C3=C(C(C)=O)C(=O)O[C@]3(C)C(=O)C2=CO1. The van der Waals surface area contributed by atoms with Gasteiger partial charge in [0.15, 0.2) is 11.4 Å². The number of halogens is 1. The Morgan fingerprint density at radius 3 is 2.62 bits per heavy atom. The summed E-state index contributed by atoms with van der Waals surface area (Å²) in [7, 11) is 0. The van der Waals surface area contributed by atoms with Gasteiger partial charge in [0, 0.05) is 11.1 Å². The maximum absolute atomic E-state index is 13.0. The van der Waals surface area contributed by atoms with Crippen molar-refractivity contribution in [1.29, 1.82) is 0 Å². The molecule has 2 aliphatic heterocycles. The Balaban J connectivity index is 2.06. The number of ketones is 2. The number of hydrogen-bond donors (Lipinski definition) is 0. The Bertz CT molecular complexity index is 1000. The largest absolute Gasteiger partial charge is 0.464 e. The summed E-state index contributed by atoms with van der Waals surface area (Å²) in [5.74, 6) is -0.837. The van der Waals surface area contributed by atoms with E-state index in [-0.39, 0.29) is 21.8 Å². The van der Waals surface area contributed by atoms with E-state index in [4.69, 9.17) is 21.1 Å². The molecule has 152 valence electrons. The molecule has 0 saturated heterocycles. The summed E-state index contributed by atoms with van der Waals surface area (Å²) in [6, 6.07) is 0. The Kier molecular flexibility index (Phi) is 5.54. The molecule has 0 unspecified atom stereocenters. The molecule has 3 rings (SSSR count). The molecule has 0 aromatic rings. The van der Waals surface area contributed by atoms with Crippen LogP contribution in [0.4, 0.5) is 0 Å². The highest BCUT2D eigenvalue weighted by molar-refractivity contribution is 6.38. The number of ether oxygens (including phenoxy) is 2. The molecular weight excluding hydrogens is 392 g/mol. The standard InChI is InChI=1S/C23H23ClO5/c1-6-12(2)9-13(3)7-8-15-10-16-17(11-28-15)21(26)23(5)19(20(16)24)18(14(4)25)22(27)29-23/h7-12H,6H2,1-5H3/b8-7+,13-9+/t12-,23-/m0/s1. The molecule has 5 nitrogen and oxygen atoms in total. The van der Waals surface area contributed by atoms with Gasteiger partial charge in [-0.1, -0.05) is 49.6 Å². The van der Waals surface area contributed by atoms with Gasteiger partial charge in [-0.15, -0.1) is 0 Å². The lowest BCUT2D eigenvalue weighted by Crippen LogP contribution is -2.43. The second kappa shape index (κ2) is 7.64. The van der Waals surface area contributed by atoms with Gasteiger partial charge in [-0.25, -0.2) is 4.79 Å². The number of rotatable bonds is 5. The van der Waals surface area contributed by atoms with Crippen LogP contribution < -0.4 is 0 Å². The normalized spacial score (nSPS) is 25.4. The van der Waals surface area contributed by atoms with Gasteiger partial charge in [-0.2, -0.15) is 0 Å². The van der Waals surface area contributed by atoms with Gasteiger partial charge < -0.3 is 9.47 Å². The summed E-state index contributed by atoms with van der Waals surface area (Å²) in [4.78, 5) is 37.2. The molecule has 0 bridgehead atoms. The van der Waals surface area contributed by atoms with Crippen molar-refractivity contribution in [2.45, 2.75) is 46.6 Å². The zero-order valence-corrected chi connectivity index (χ0v) is 17.8. The fourth-order valence-electron chi connectivity index (χ4n) is 3.54. The first-order valence-corrected chi connectivity index (χ1v) is 9.87. The first-order chi connectivity index (χ1) is 13.6. The van der Waals surface area contributed by atoms with Crippen molar-refractivity contribution in [3.8, 4) is 0 Å². The van der Waals surface area contributed by atoms with Crippen LogP contribution in [0.5, 0.6) is 0 Å². The van der Waals surface area contributed by atoms with E-state index < -0.39 is 23.1 Å². The Hall–Kier alpha value is -2.66. The number of Topliss-reactive ketones (excluding diaryl/α,β-unsaturated/α-hetero) is 2. The first-order valence-electron chi connectivity index (χ1n) is 9.49. The summed E-state index contributed by atoms with van der Waals surface area (Å²) < 4.78 is 10.9. The smallest absolute Gasteiger partial charge is 0.343 e. The van der Waals surface area contributed by atoms with Crippen LogP contribution in [0.3, 0.4) is 0 Å². The van der Waals surface area contributed by atoms with Gasteiger partial charge in [0.2, 0.25) is 5.78 Å². The van der Waals surface area contributed by atoms with Gasteiger partial charge in [0.05, 0.1) is 10.6 Å². The van der Waals surface area contributed by atoms with Crippen LogP contribution in [0.25, 0.3) is 0 Å². The molecular formula is C23H23ClO5. The van der Waals surface area contributed by atoms with Crippen molar-refractivity contribution in [1.82, 2.24) is 0 Å². The summed E-state index contributed by atoms with van der Waals surface area (Å²) in [5.41, 5.74) is 0.0377. The van der Waals surface area contributed by atoms with Crippen LogP contribution in [0, 0.1) is 5.92 Å². The van der Waals surface area contributed by atoms with Crippen molar-refractivity contribution in [2.75, 3.05) is 0 Å². The lowest BCUT2D eigenvalue weighted by atomic mass is 9.76. The Labute approximate surface area is 175 Å². The molecule has 3 aliphatic rings. The molecule has 0 spiro atoms. The molecule has 0 aromatic heterocycles. The van der Waals surface area contributed by atoms with E-state index in [0.29, 0.717) is 17.3 Å². The maximum atomic E-state index is 13.0. The molecule has 0 fully saturated rings. The van der Waals surface area contributed by atoms with E-state index in [1.54, 1.807) is 12.2 Å². The number of carbonyl (C=O) groups is 3. The third-order valence-electron chi connectivity index (χ3n) is 5.31. The van der Waals surface area contributed by atoms with E-state index in [0.717, 1.165) is 12.0 Å². The Morgan fingerprint density at radius 1 is 1.31 bits per heavy atom. The van der Waals surface area contributed by atoms with Gasteiger partial charge in [-0.05, 0) is 38.8 Å². The van der Waals surface area contributed by atoms with Crippen molar-refractivity contribution >= 4 is 29.1 Å². The highest BCUT2D eigenvalue weighted by Gasteiger charge is 2.56. The van der Waals surface area contributed by atoms with Gasteiger partial charge in [0.1, 0.15) is 17.6 Å². The second-order valence-electron chi connectivity index (χ2n) is 7.61. The number of carbonyl (C=O) groups excluding carboxylic acids is 3. The molecule has 0 N–H and O–H groups in total. The molecule has 0 saturated carbocycles. The molecule has 2 atom stereocenters. The first kappa shape index (κ1) is 21.1. The third-order valence-corrected chi connectivity index (χ3v) is 5.70. The average molecular weight is 415 g/mol. The minimum Gasteiger partial charge on any atom is -0.464 e. The van der Waals surface area contributed by atoms with Crippen LogP contribution in [-0.4, -0.2) is 23.1 Å². The third kappa shape index (κ3) is 3.55. The number of esters is 1. The van der Waals surface area contributed by atoms with E-state index in [1.165, 1.54) is 20.1 Å². The van der Waals surface area contributed by atoms with Crippen LogP contribution in [-0.2, 0) is 23.9 Å². The molecule has 0 amide bonds. The molecule has 0 aromatic carbocycles. The fraction of sp³-hybridized carbons (Fsp3) is 0.348. The predicted molar refractivity (Wildman–Crippen MR) is 110 cm³/mol. The minimum absolute atomic E-state index is 0.128. The van der Waals surface area contributed by atoms with Crippen molar-refractivity contribution in [3.05, 3.63) is 69.2 Å². The van der Waals surface area contributed by atoms with Crippen LogP contribution in [0.1, 0.15) is 41.0 Å². The van der Waals surface area contributed by atoms with E-state index in [9.17, 15) is 14.4 Å². The van der Waals surface area contributed by atoms with Gasteiger partial charge in [0.25, 0.3) is 0 Å². The van der Waals surface area contributed by atoms with Crippen LogP contribution in [0.15, 0.2) is 69.2 Å². The quantitative estimate of drug-likeness (QED) is 0.373. The zero-order chi connectivity index (χ0) is 21.5. The van der Waals surface area contributed by atoms with Crippen LogP contribution >= 0.6 is 11.6 Å². The minimum atomic E-state index is -1.62. The van der Waals surface area contributed by atoms with Crippen LogP contribution in [0.2, 0.25) is 0 Å². The number of allylic oxidation sites excluding steroid dienone is 6. The van der Waals surface area contributed by atoms with E-state index >= 15 is 0 Å². The van der Waals surface area contributed by atoms with E-state index in [2.05, 4.69) is 19.9 Å². The van der Waals surface area contributed by atoms with Crippen molar-refractivity contribution in [2.24, 2.45) is 5.92 Å². The summed E-state index contributed by atoms with van der Waals surface area (Å²) in [5, 5.41) is 0.149. The van der Waals surface area contributed by atoms with Gasteiger partial charge >= 0.3 is 5.97 Å². The molecule has 0 radical (unpaired) electrons. The summed E-state index contributed by atoms with van der Waals surface area (Å²) in [6.07, 6.45) is 9.86. The summed E-state index contributed by atoms with van der Waals surface area (Å²) in [6.45, 7) is 8.96. The highest BCUT2D eigenvalue weighted by atomic mass is 35.5. The fourth-order valence-corrected chi connectivity index (χ4v) is 3.97. The predicted octanol–water partition coefficient (Wildman–Crippen LogP) is 4.61. The molecule has 2 heterocycles. The van der Waals surface area contributed by atoms with Crippen molar-refractivity contribution in [3.63, 3.8) is 0 Å². The molecule has 1 aliphatic carbocycles. The maximum Gasteiger partial charge on any atom is 0.343 e. The Morgan fingerprint density at radius 2 is 2.00 bits per heavy atom. The second-order valence-corrected chi connectivity index (χ2v) is 7.99. The summed E-state index contributed by atoms with van der Waals surface area (Å²) >= 11 is 6.57. The lowest BCUT2D eigenvalue weighted by Gasteiger charge is -2.32. The number of fused-ring (bicyclic) bond motifs is 2. The van der Waals surface area contributed by atoms with Gasteiger partial charge in [-0.3, -0.25) is 9.59 Å². The lowest BCUT2D eigenvalue weighted by molar-refractivity contribution is -0.153. The average Bonchev–Trinajstić information content (AvgIpc) is 2.96. The molecule has 29 heavy (non-hydrogen) atoms. The van der Waals surface area contributed by atoms with E-state index in [1.807, 2.05) is 13.0 Å². The molecule has 6 heteroatoms. The monoisotopic (exact) mass is 414 g/mol. The number of hydrogen-bond acceptors (Lipinski definition) is 5.